The van der Waals surface area contributed by atoms with Gasteiger partial charge in [-0.25, -0.2) is 14.2 Å². The standard InChI is InChI=1S/C16H13BrF2N2O2/c1-10(23-15-5-3-2-4-13(15)17)16(22)21-20-9-11-8-12(18)6-7-14(11)19/h2-10H,1H3,(H,21,22)/b20-9+. The molecule has 1 amide bonds. The van der Waals surface area contributed by atoms with E-state index < -0.39 is 23.6 Å². The zero-order valence-electron chi connectivity index (χ0n) is 12.1. The Kier molecular flexibility index (Phi) is 5.81. The van der Waals surface area contributed by atoms with E-state index in [-0.39, 0.29) is 5.56 Å². The van der Waals surface area contributed by atoms with Gasteiger partial charge in [0.05, 0.1) is 10.7 Å². The molecule has 0 aromatic heterocycles. The first-order valence-electron chi connectivity index (χ1n) is 6.66. The Bertz CT molecular complexity index is 738. The Morgan fingerprint density at radius 3 is 2.78 bits per heavy atom. The summed E-state index contributed by atoms with van der Waals surface area (Å²) in [5.41, 5.74) is 2.15. The highest BCUT2D eigenvalue weighted by Gasteiger charge is 2.15. The minimum absolute atomic E-state index is 0.0651. The van der Waals surface area contributed by atoms with Crippen molar-refractivity contribution >= 4 is 28.1 Å². The molecule has 1 atom stereocenters. The van der Waals surface area contributed by atoms with E-state index in [0.717, 1.165) is 24.4 Å². The lowest BCUT2D eigenvalue weighted by atomic mass is 10.2. The van der Waals surface area contributed by atoms with Crippen LogP contribution in [0, 0.1) is 11.6 Å². The predicted molar refractivity (Wildman–Crippen MR) is 86.3 cm³/mol. The second kappa shape index (κ2) is 7.82. The SMILES string of the molecule is CC(Oc1ccccc1Br)C(=O)N/N=C/c1cc(F)ccc1F. The van der Waals surface area contributed by atoms with E-state index in [1.165, 1.54) is 0 Å². The molecular formula is C16H13BrF2N2O2. The second-order valence-electron chi connectivity index (χ2n) is 4.59. The zero-order valence-corrected chi connectivity index (χ0v) is 13.7. The normalized spacial score (nSPS) is 12.2. The summed E-state index contributed by atoms with van der Waals surface area (Å²) in [6, 6.07) is 10.0. The molecule has 1 unspecified atom stereocenters. The molecule has 0 saturated heterocycles. The minimum Gasteiger partial charge on any atom is -0.480 e. The molecule has 2 rings (SSSR count). The molecule has 2 aromatic carbocycles. The Hall–Kier alpha value is -2.28. The lowest BCUT2D eigenvalue weighted by Crippen LogP contribution is -2.33. The lowest BCUT2D eigenvalue weighted by Gasteiger charge is -2.13. The molecule has 2 aromatic rings. The third-order valence-corrected chi connectivity index (χ3v) is 3.50. The fraction of sp³-hybridized carbons (Fsp3) is 0.125. The first-order chi connectivity index (χ1) is 11.0. The number of nitrogens with zero attached hydrogens (tertiary/aromatic N) is 1. The van der Waals surface area contributed by atoms with Crippen LogP contribution in [0.2, 0.25) is 0 Å². The summed E-state index contributed by atoms with van der Waals surface area (Å²) in [6.45, 7) is 1.55. The van der Waals surface area contributed by atoms with E-state index in [0.29, 0.717) is 10.2 Å². The van der Waals surface area contributed by atoms with Crippen LogP contribution in [0.15, 0.2) is 52.0 Å². The van der Waals surface area contributed by atoms with Crippen LogP contribution >= 0.6 is 15.9 Å². The third kappa shape index (κ3) is 4.85. The van der Waals surface area contributed by atoms with Gasteiger partial charge in [-0.2, -0.15) is 5.10 Å². The first-order valence-corrected chi connectivity index (χ1v) is 7.46. The maximum Gasteiger partial charge on any atom is 0.280 e. The molecule has 0 saturated carbocycles. The number of carbonyl (C=O) groups excluding carboxylic acids is 1. The number of benzene rings is 2. The van der Waals surface area contributed by atoms with E-state index >= 15 is 0 Å². The van der Waals surface area contributed by atoms with Gasteiger partial charge in [-0.15, -0.1) is 0 Å². The molecule has 0 fully saturated rings. The van der Waals surface area contributed by atoms with Gasteiger partial charge < -0.3 is 4.74 Å². The number of nitrogens with one attached hydrogen (secondary N) is 1. The number of rotatable bonds is 5. The van der Waals surface area contributed by atoms with Crippen molar-refractivity contribution in [2.24, 2.45) is 5.10 Å². The highest BCUT2D eigenvalue weighted by molar-refractivity contribution is 9.10. The van der Waals surface area contributed by atoms with Gasteiger partial charge in [0.25, 0.3) is 5.91 Å². The third-order valence-electron chi connectivity index (χ3n) is 2.85. The summed E-state index contributed by atoms with van der Waals surface area (Å²) in [5, 5.41) is 3.61. The van der Waals surface area contributed by atoms with Crippen LogP contribution in [0.25, 0.3) is 0 Å². The molecule has 4 nitrogen and oxygen atoms in total. The fourth-order valence-electron chi connectivity index (χ4n) is 1.65. The molecule has 0 aliphatic rings. The predicted octanol–water partition coefficient (Wildman–Crippen LogP) is 3.64. The Morgan fingerprint density at radius 2 is 2.04 bits per heavy atom. The van der Waals surface area contributed by atoms with Crippen molar-refractivity contribution in [1.82, 2.24) is 5.43 Å². The van der Waals surface area contributed by atoms with Crippen molar-refractivity contribution in [2.75, 3.05) is 0 Å². The fourth-order valence-corrected chi connectivity index (χ4v) is 2.03. The number of hydrazone groups is 1. The Morgan fingerprint density at radius 1 is 1.30 bits per heavy atom. The van der Waals surface area contributed by atoms with Crippen LogP contribution in [0.4, 0.5) is 8.78 Å². The summed E-state index contributed by atoms with van der Waals surface area (Å²) >= 11 is 3.31. The molecule has 0 spiro atoms. The number of carbonyl (C=O) groups is 1. The molecule has 0 heterocycles. The van der Waals surface area contributed by atoms with Crippen molar-refractivity contribution in [2.45, 2.75) is 13.0 Å². The topological polar surface area (TPSA) is 50.7 Å². The van der Waals surface area contributed by atoms with E-state index in [4.69, 9.17) is 4.74 Å². The summed E-state index contributed by atoms with van der Waals surface area (Å²) in [4.78, 5) is 11.9. The first kappa shape index (κ1) is 17.1. The smallest absolute Gasteiger partial charge is 0.280 e. The van der Waals surface area contributed by atoms with Crippen LogP contribution in [0.1, 0.15) is 12.5 Å². The van der Waals surface area contributed by atoms with Gasteiger partial charge in [-0.3, -0.25) is 4.79 Å². The van der Waals surface area contributed by atoms with Crippen LogP contribution < -0.4 is 10.2 Å². The van der Waals surface area contributed by atoms with Crippen LogP contribution in [-0.2, 0) is 4.79 Å². The van der Waals surface area contributed by atoms with Crippen LogP contribution in [0.5, 0.6) is 5.75 Å². The van der Waals surface area contributed by atoms with Crippen LogP contribution in [-0.4, -0.2) is 18.2 Å². The number of para-hydroxylation sites is 1. The highest BCUT2D eigenvalue weighted by atomic mass is 79.9. The number of halogens is 3. The average molecular weight is 383 g/mol. The molecule has 7 heteroatoms. The van der Waals surface area contributed by atoms with Crippen molar-refractivity contribution in [3.05, 3.63) is 64.1 Å². The molecular weight excluding hydrogens is 370 g/mol. The van der Waals surface area contributed by atoms with Gasteiger partial charge in [0, 0.05) is 5.56 Å². The van der Waals surface area contributed by atoms with E-state index in [1.54, 1.807) is 25.1 Å². The maximum atomic E-state index is 13.4. The van der Waals surface area contributed by atoms with Crippen molar-refractivity contribution < 1.29 is 18.3 Å². The number of hydrogen-bond acceptors (Lipinski definition) is 3. The summed E-state index contributed by atoms with van der Waals surface area (Å²) in [5.74, 6) is -1.24. The Labute approximate surface area is 140 Å². The van der Waals surface area contributed by atoms with E-state index in [2.05, 4.69) is 26.5 Å². The second-order valence-corrected chi connectivity index (χ2v) is 5.44. The molecule has 120 valence electrons. The number of amides is 1. The van der Waals surface area contributed by atoms with Crippen molar-refractivity contribution in [1.29, 1.82) is 0 Å². The molecule has 0 aliphatic heterocycles. The molecule has 0 radical (unpaired) electrons. The van der Waals surface area contributed by atoms with Crippen molar-refractivity contribution in [3.8, 4) is 5.75 Å². The van der Waals surface area contributed by atoms with Gasteiger partial charge in [0.1, 0.15) is 17.4 Å². The molecule has 23 heavy (non-hydrogen) atoms. The summed E-state index contributed by atoms with van der Waals surface area (Å²) < 4.78 is 32.6. The number of ether oxygens (including phenoxy) is 1. The molecule has 0 aliphatic carbocycles. The highest BCUT2D eigenvalue weighted by Crippen LogP contribution is 2.24. The van der Waals surface area contributed by atoms with E-state index in [9.17, 15) is 13.6 Å². The van der Waals surface area contributed by atoms with Gasteiger partial charge in [-0.1, -0.05) is 12.1 Å². The largest absolute Gasteiger partial charge is 0.480 e. The monoisotopic (exact) mass is 382 g/mol. The molecule has 1 N–H and O–H groups in total. The lowest BCUT2D eigenvalue weighted by molar-refractivity contribution is -0.127. The molecule has 0 bridgehead atoms. The minimum atomic E-state index is -0.816. The quantitative estimate of drug-likeness (QED) is 0.633. The summed E-state index contributed by atoms with van der Waals surface area (Å²) in [7, 11) is 0. The zero-order chi connectivity index (χ0) is 16.8. The van der Waals surface area contributed by atoms with E-state index in [1.807, 2.05) is 6.07 Å². The maximum absolute atomic E-state index is 13.4. The van der Waals surface area contributed by atoms with Gasteiger partial charge >= 0.3 is 0 Å². The van der Waals surface area contributed by atoms with Gasteiger partial charge in [0.2, 0.25) is 0 Å². The van der Waals surface area contributed by atoms with Crippen LogP contribution in [0.3, 0.4) is 0 Å². The summed E-state index contributed by atoms with van der Waals surface area (Å²) in [6.07, 6.45) is 0.213. The van der Waals surface area contributed by atoms with Crippen molar-refractivity contribution in [3.63, 3.8) is 0 Å². The number of hydrogen-bond donors (Lipinski definition) is 1. The average Bonchev–Trinajstić information content (AvgIpc) is 2.52. The van der Waals surface area contributed by atoms with Gasteiger partial charge in [-0.05, 0) is 53.2 Å². The van der Waals surface area contributed by atoms with Gasteiger partial charge in [0.15, 0.2) is 6.10 Å². The Balaban J connectivity index is 1.95.